The molecule has 0 heterocycles. The summed E-state index contributed by atoms with van der Waals surface area (Å²) < 4.78 is 29.9. The van der Waals surface area contributed by atoms with E-state index >= 15 is 0 Å². The molecule has 0 saturated carbocycles. The van der Waals surface area contributed by atoms with Gasteiger partial charge in [0.1, 0.15) is 0 Å². The van der Waals surface area contributed by atoms with E-state index < -0.39 is 30.3 Å². The Labute approximate surface area is 107 Å². The summed E-state index contributed by atoms with van der Waals surface area (Å²) in [6.07, 6.45) is 3.12. The third-order valence-corrected chi connectivity index (χ3v) is 14.1. The van der Waals surface area contributed by atoms with Crippen LogP contribution in [-0.2, 0) is 27.3 Å². The first-order chi connectivity index (χ1) is 7.45. The quantitative estimate of drug-likeness (QED) is 0.638. The predicted octanol–water partition coefficient (Wildman–Crippen LogP) is 2.62. The fraction of sp³-hybridized carbons (Fsp3) is 1.00. The zero-order valence-electron chi connectivity index (χ0n) is 11.0. The topological polar surface area (TPSA) is 58.9 Å². The van der Waals surface area contributed by atoms with Gasteiger partial charge in [-0.25, -0.2) is 0 Å². The second kappa shape index (κ2) is 8.11. The predicted molar refractivity (Wildman–Crippen MR) is 63.6 cm³/mol. The van der Waals surface area contributed by atoms with Gasteiger partial charge < -0.3 is 0 Å². The van der Waals surface area contributed by atoms with Gasteiger partial charge in [-0.3, -0.25) is 0 Å². The van der Waals surface area contributed by atoms with Crippen LogP contribution in [0.5, 0.6) is 0 Å². The van der Waals surface area contributed by atoms with Crippen molar-refractivity contribution in [3.05, 3.63) is 0 Å². The molecule has 0 spiro atoms. The second-order valence-corrected chi connectivity index (χ2v) is 13.6. The SMILES string of the molecule is CCC[Si](CCC)(CCC)[O][Zr]([OH])([OH])[O]C. The van der Waals surface area contributed by atoms with Gasteiger partial charge in [-0.15, -0.1) is 0 Å². The molecule has 6 heteroatoms. The summed E-state index contributed by atoms with van der Waals surface area (Å²) in [5.74, 6) is 0. The van der Waals surface area contributed by atoms with Crippen LogP contribution in [0.1, 0.15) is 40.0 Å². The zero-order valence-corrected chi connectivity index (χ0v) is 14.4. The Bertz CT molecular complexity index is 173. The van der Waals surface area contributed by atoms with E-state index in [1.54, 1.807) is 0 Å². The number of hydrogen-bond donors (Lipinski definition) is 2. The van der Waals surface area contributed by atoms with Crippen molar-refractivity contribution in [1.29, 1.82) is 0 Å². The van der Waals surface area contributed by atoms with Crippen molar-refractivity contribution in [1.82, 2.24) is 0 Å². The van der Waals surface area contributed by atoms with E-state index in [-0.39, 0.29) is 0 Å². The van der Waals surface area contributed by atoms with Gasteiger partial charge in [-0.2, -0.15) is 0 Å². The van der Waals surface area contributed by atoms with Crippen LogP contribution in [0.2, 0.25) is 18.1 Å². The molecule has 0 atom stereocenters. The normalized spacial score (nSPS) is 13.1. The van der Waals surface area contributed by atoms with Gasteiger partial charge in [-0.05, 0) is 0 Å². The van der Waals surface area contributed by atoms with E-state index in [0.717, 1.165) is 37.4 Å². The fourth-order valence-electron chi connectivity index (χ4n) is 2.22. The molecule has 0 aromatic rings. The van der Waals surface area contributed by atoms with Crippen LogP contribution in [0.3, 0.4) is 0 Å². The van der Waals surface area contributed by atoms with Gasteiger partial charge >= 0.3 is 107 Å². The average molecular weight is 330 g/mol. The summed E-state index contributed by atoms with van der Waals surface area (Å²) in [7, 11) is -0.651. The molecular weight excluding hydrogens is 303 g/mol. The molecule has 0 aliphatic carbocycles. The molecule has 0 aromatic carbocycles. The molecule has 0 saturated heterocycles. The Kier molecular flexibility index (Phi) is 8.59. The van der Waals surface area contributed by atoms with Gasteiger partial charge in [0.15, 0.2) is 0 Å². The van der Waals surface area contributed by atoms with Crippen LogP contribution in [0.15, 0.2) is 0 Å². The van der Waals surface area contributed by atoms with E-state index in [0.29, 0.717) is 0 Å². The van der Waals surface area contributed by atoms with E-state index in [2.05, 4.69) is 20.8 Å². The Balaban J connectivity index is 4.71. The van der Waals surface area contributed by atoms with E-state index in [9.17, 15) is 6.37 Å². The fourth-order valence-corrected chi connectivity index (χ4v) is 13.7. The molecule has 0 radical (unpaired) electrons. The molecule has 0 aromatic heterocycles. The van der Waals surface area contributed by atoms with Crippen molar-refractivity contribution in [2.75, 3.05) is 7.11 Å². The average Bonchev–Trinajstić information content (AvgIpc) is 2.18. The first-order valence-electron chi connectivity index (χ1n) is 6.15. The Morgan fingerprint density at radius 3 is 1.56 bits per heavy atom. The van der Waals surface area contributed by atoms with E-state index in [1.165, 1.54) is 7.11 Å². The molecule has 2 N–H and O–H groups in total. The van der Waals surface area contributed by atoms with Crippen LogP contribution in [0, 0.1) is 0 Å². The summed E-state index contributed by atoms with van der Waals surface area (Å²) >= 11 is -4.61. The molecule has 0 bridgehead atoms. The summed E-state index contributed by atoms with van der Waals surface area (Å²) in [6.45, 7) is 6.36. The van der Waals surface area contributed by atoms with Crippen molar-refractivity contribution >= 4 is 8.32 Å². The molecule has 0 unspecified atom stereocenters. The van der Waals surface area contributed by atoms with Gasteiger partial charge in [0, 0.05) is 0 Å². The van der Waals surface area contributed by atoms with Crippen molar-refractivity contribution < 1.29 is 33.7 Å². The summed E-state index contributed by atoms with van der Waals surface area (Å²) in [4.78, 5) is 0. The number of hydrogen-bond acceptors (Lipinski definition) is 4. The van der Waals surface area contributed by atoms with Crippen LogP contribution in [0.25, 0.3) is 0 Å². The molecule has 0 aliphatic heterocycles. The first-order valence-corrected chi connectivity index (χ1v) is 12.9. The third kappa shape index (κ3) is 6.03. The molecular formula is C10H26O4SiZr. The Morgan fingerprint density at radius 1 is 0.938 bits per heavy atom. The molecule has 0 aliphatic rings. The Morgan fingerprint density at radius 2 is 1.31 bits per heavy atom. The maximum atomic E-state index is 9.69. The van der Waals surface area contributed by atoms with Crippen molar-refractivity contribution in [3.63, 3.8) is 0 Å². The molecule has 0 rings (SSSR count). The van der Waals surface area contributed by atoms with Crippen LogP contribution >= 0.6 is 0 Å². The number of rotatable bonds is 9. The Hall–Kier alpha value is 0.940. The zero-order chi connectivity index (χ0) is 12.7. The van der Waals surface area contributed by atoms with Gasteiger partial charge in [0.05, 0.1) is 0 Å². The summed E-state index contributed by atoms with van der Waals surface area (Å²) in [5.41, 5.74) is 0. The van der Waals surface area contributed by atoms with Gasteiger partial charge in [-0.1, -0.05) is 0 Å². The van der Waals surface area contributed by atoms with Gasteiger partial charge in [0.25, 0.3) is 0 Å². The molecule has 4 nitrogen and oxygen atoms in total. The first kappa shape index (κ1) is 16.9. The standard InChI is InChI=1S/C9H21OSi.CH3O.2H2O.Zr/c1-4-7-11(10,8-5-2)9-6-3;1-2;;;/h4-9H2,1-3H3;1H3;2*1H2;/q2*-1;;;+4/p-2. The third-order valence-electron chi connectivity index (χ3n) is 2.73. The van der Waals surface area contributed by atoms with E-state index in [1.807, 2.05) is 0 Å². The van der Waals surface area contributed by atoms with Crippen molar-refractivity contribution in [2.45, 2.75) is 58.2 Å². The molecule has 98 valence electrons. The van der Waals surface area contributed by atoms with Crippen molar-refractivity contribution in [3.8, 4) is 0 Å². The van der Waals surface area contributed by atoms with Crippen LogP contribution < -0.4 is 0 Å². The minimum absolute atomic E-state index is 0.998. The summed E-state index contributed by atoms with van der Waals surface area (Å²) in [5, 5.41) is 0. The molecule has 0 amide bonds. The summed E-state index contributed by atoms with van der Waals surface area (Å²) in [6, 6.07) is 2.99. The molecule has 0 fully saturated rings. The second-order valence-electron chi connectivity index (χ2n) is 4.29. The monoisotopic (exact) mass is 328 g/mol. The maximum absolute atomic E-state index is 9.69. The van der Waals surface area contributed by atoms with Crippen LogP contribution in [-0.4, -0.2) is 21.8 Å². The van der Waals surface area contributed by atoms with Gasteiger partial charge in [0.2, 0.25) is 0 Å². The molecule has 16 heavy (non-hydrogen) atoms. The van der Waals surface area contributed by atoms with Crippen molar-refractivity contribution in [2.24, 2.45) is 0 Å². The van der Waals surface area contributed by atoms with E-state index in [4.69, 9.17) is 5.32 Å². The minimum atomic E-state index is -4.61. The van der Waals surface area contributed by atoms with Crippen LogP contribution in [0.4, 0.5) is 0 Å².